The molecule has 4 nitrogen and oxygen atoms in total. The second-order valence-electron chi connectivity index (χ2n) is 6.32. The predicted octanol–water partition coefficient (Wildman–Crippen LogP) is 4.70. The molecule has 0 saturated heterocycles. The molecule has 0 unspecified atom stereocenters. The van der Waals surface area contributed by atoms with Crippen LogP contribution in [0.4, 0.5) is 24.5 Å². The molecule has 0 atom stereocenters. The average Bonchev–Trinajstić information content (AvgIpc) is 2.57. The first kappa shape index (κ1) is 20.5. The molecule has 0 heterocycles. The number of hydrogen-bond donors (Lipinski definition) is 1. The Morgan fingerprint density at radius 2 is 1.74 bits per heavy atom. The number of anilines is 2. The van der Waals surface area contributed by atoms with Gasteiger partial charge >= 0.3 is 6.18 Å². The lowest BCUT2D eigenvalue weighted by Gasteiger charge is -2.22. The number of rotatable bonds is 5. The first-order chi connectivity index (χ1) is 12.6. The van der Waals surface area contributed by atoms with Crippen LogP contribution in [0, 0.1) is 13.8 Å². The molecule has 27 heavy (non-hydrogen) atoms. The van der Waals surface area contributed by atoms with Crippen LogP contribution in [-0.2, 0) is 15.8 Å². The lowest BCUT2D eigenvalue weighted by molar-refractivity contribution is -0.137. The van der Waals surface area contributed by atoms with Gasteiger partial charge < -0.3 is 10.2 Å². The number of carbonyl (C=O) groups is 2. The molecule has 0 aliphatic heterocycles. The van der Waals surface area contributed by atoms with Crippen molar-refractivity contribution >= 4 is 23.2 Å². The minimum Gasteiger partial charge on any atom is -0.326 e. The summed E-state index contributed by atoms with van der Waals surface area (Å²) in [5.74, 6) is -0.759. The van der Waals surface area contributed by atoms with Crippen LogP contribution in [-0.4, -0.2) is 18.4 Å². The predicted molar refractivity (Wildman–Crippen MR) is 98.6 cm³/mol. The van der Waals surface area contributed by atoms with Gasteiger partial charge in [-0.05, 0) is 55.3 Å². The minimum atomic E-state index is -4.50. The van der Waals surface area contributed by atoms with Crippen LogP contribution in [0.3, 0.4) is 0 Å². The summed E-state index contributed by atoms with van der Waals surface area (Å²) in [4.78, 5) is 25.2. The largest absolute Gasteiger partial charge is 0.416 e. The number of aryl methyl sites for hydroxylation is 2. The van der Waals surface area contributed by atoms with Crippen molar-refractivity contribution < 1.29 is 22.8 Å². The fourth-order valence-electron chi connectivity index (χ4n) is 2.57. The Morgan fingerprint density at radius 3 is 2.33 bits per heavy atom. The van der Waals surface area contributed by atoms with Gasteiger partial charge in [0.2, 0.25) is 11.8 Å². The zero-order valence-corrected chi connectivity index (χ0v) is 15.4. The normalized spacial score (nSPS) is 11.2. The smallest absolute Gasteiger partial charge is 0.326 e. The molecule has 2 aromatic rings. The fourth-order valence-corrected chi connectivity index (χ4v) is 2.57. The van der Waals surface area contributed by atoms with Gasteiger partial charge in [0.05, 0.1) is 5.56 Å². The number of amides is 2. The molecule has 2 aromatic carbocycles. The van der Waals surface area contributed by atoms with Crippen LogP contribution < -0.4 is 10.2 Å². The van der Waals surface area contributed by atoms with E-state index in [2.05, 4.69) is 5.32 Å². The van der Waals surface area contributed by atoms with Crippen LogP contribution in [0.5, 0.6) is 0 Å². The molecule has 0 aromatic heterocycles. The SMILES string of the molecule is CC(=O)N(CCC(=O)Nc1ccc(C)c(C)c1)c1cccc(C(F)(F)F)c1. The number of benzene rings is 2. The highest BCUT2D eigenvalue weighted by Gasteiger charge is 2.31. The van der Waals surface area contributed by atoms with Crippen LogP contribution in [0.2, 0.25) is 0 Å². The second-order valence-corrected chi connectivity index (χ2v) is 6.32. The van der Waals surface area contributed by atoms with E-state index >= 15 is 0 Å². The van der Waals surface area contributed by atoms with Gasteiger partial charge in [0.15, 0.2) is 0 Å². The third-order valence-corrected chi connectivity index (χ3v) is 4.22. The van der Waals surface area contributed by atoms with E-state index in [1.54, 1.807) is 6.07 Å². The Balaban J connectivity index is 2.07. The summed E-state index contributed by atoms with van der Waals surface area (Å²) in [6, 6.07) is 9.99. The van der Waals surface area contributed by atoms with Gasteiger partial charge in [-0.15, -0.1) is 0 Å². The van der Waals surface area contributed by atoms with E-state index in [9.17, 15) is 22.8 Å². The number of halogens is 3. The van der Waals surface area contributed by atoms with Crippen molar-refractivity contribution in [2.75, 3.05) is 16.8 Å². The van der Waals surface area contributed by atoms with E-state index in [4.69, 9.17) is 0 Å². The van der Waals surface area contributed by atoms with Gasteiger partial charge in [-0.25, -0.2) is 0 Å². The quantitative estimate of drug-likeness (QED) is 0.820. The molecule has 144 valence electrons. The first-order valence-electron chi connectivity index (χ1n) is 8.40. The highest BCUT2D eigenvalue weighted by Crippen LogP contribution is 2.31. The minimum absolute atomic E-state index is 0.0205. The topological polar surface area (TPSA) is 49.4 Å². The third-order valence-electron chi connectivity index (χ3n) is 4.22. The summed E-state index contributed by atoms with van der Waals surface area (Å²) in [7, 11) is 0. The maximum absolute atomic E-state index is 12.9. The summed E-state index contributed by atoms with van der Waals surface area (Å²) in [5.41, 5.74) is 2.03. The van der Waals surface area contributed by atoms with Crippen LogP contribution in [0.25, 0.3) is 0 Å². The maximum atomic E-state index is 12.9. The van der Waals surface area contributed by atoms with Crippen molar-refractivity contribution in [3.8, 4) is 0 Å². The summed E-state index contributed by atoms with van der Waals surface area (Å²) >= 11 is 0. The van der Waals surface area contributed by atoms with Crippen molar-refractivity contribution in [3.63, 3.8) is 0 Å². The molecule has 7 heteroatoms. The van der Waals surface area contributed by atoms with E-state index in [0.717, 1.165) is 28.2 Å². The van der Waals surface area contributed by atoms with Gasteiger partial charge in [-0.1, -0.05) is 12.1 Å². The number of carbonyl (C=O) groups excluding carboxylic acids is 2. The molecule has 2 rings (SSSR count). The Labute approximate surface area is 156 Å². The second kappa shape index (κ2) is 8.24. The standard InChI is InChI=1S/C20H21F3N2O2/c1-13-7-8-17(11-14(13)2)24-19(27)9-10-25(15(3)26)18-6-4-5-16(12-18)20(21,22)23/h4-8,11-12H,9-10H2,1-3H3,(H,24,27). The molecule has 0 saturated carbocycles. The van der Waals surface area contributed by atoms with E-state index in [1.165, 1.54) is 19.1 Å². The van der Waals surface area contributed by atoms with E-state index in [1.807, 2.05) is 26.0 Å². The molecule has 1 N–H and O–H groups in total. The summed E-state index contributed by atoms with van der Waals surface area (Å²) in [6.07, 6.45) is -4.54. The molecule has 0 bridgehead atoms. The van der Waals surface area contributed by atoms with Gasteiger partial charge in [0.25, 0.3) is 0 Å². The lowest BCUT2D eigenvalue weighted by atomic mass is 10.1. The van der Waals surface area contributed by atoms with E-state index in [0.29, 0.717) is 5.69 Å². The zero-order chi connectivity index (χ0) is 20.2. The lowest BCUT2D eigenvalue weighted by Crippen LogP contribution is -2.32. The Bertz CT molecular complexity index is 847. The highest BCUT2D eigenvalue weighted by atomic mass is 19.4. The maximum Gasteiger partial charge on any atom is 0.416 e. The molecule has 0 radical (unpaired) electrons. The van der Waals surface area contributed by atoms with Crippen molar-refractivity contribution in [3.05, 3.63) is 59.2 Å². The zero-order valence-electron chi connectivity index (χ0n) is 15.4. The number of nitrogens with one attached hydrogen (secondary N) is 1. The van der Waals surface area contributed by atoms with Crippen LogP contribution in [0.15, 0.2) is 42.5 Å². The van der Waals surface area contributed by atoms with Gasteiger partial charge in [-0.2, -0.15) is 13.2 Å². The van der Waals surface area contributed by atoms with Crippen LogP contribution >= 0.6 is 0 Å². The van der Waals surface area contributed by atoms with Gasteiger partial charge in [-0.3, -0.25) is 9.59 Å². The molecule has 0 spiro atoms. The van der Waals surface area contributed by atoms with Crippen molar-refractivity contribution in [2.45, 2.75) is 33.4 Å². The van der Waals surface area contributed by atoms with Crippen molar-refractivity contribution in [2.24, 2.45) is 0 Å². The summed E-state index contributed by atoms with van der Waals surface area (Å²) < 4.78 is 38.6. The van der Waals surface area contributed by atoms with E-state index in [-0.39, 0.29) is 24.6 Å². The van der Waals surface area contributed by atoms with Crippen molar-refractivity contribution in [1.82, 2.24) is 0 Å². The molecular weight excluding hydrogens is 357 g/mol. The van der Waals surface area contributed by atoms with Crippen LogP contribution in [0.1, 0.15) is 30.0 Å². The Hall–Kier alpha value is -2.83. The first-order valence-corrected chi connectivity index (χ1v) is 8.40. The average molecular weight is 378 g/mol. The number of hydrogen-bond acceptors (Lipinski definition) is 2. The van der Waals surface area contributed by atoms with Gasteiger partial charge in [0.1, 0.15) is 0 Å². The summed E-state index contributed by atoms with van der Waals surface area (Å²) in [6.45, 7) is 5.12. The molecule has 0 aliphatic rings. The molecule has 0 aliphatic carbocycles. The Morgan fingerprint density at radius 1 is 1.04 bits per heavy atom. The number of alkyl halides is 3. The summed E-state index contributed by atoms with van der Waals surface area (Å²) in [5, 5.41) is 2.73. The highest BCUT2D eigenvalue weighted by molar-refractivity contribution is 5.94. The molecule has 2 amide bonds. The van der Waals surface area contributed by atoms with Gasteiger partial charge in [0, 0.05) is 31.3 Å². The monoisotopic (exact) mass is 378 g/mol. The molecule has 0 fully saturated rings. The van der Waals surface area contributed by atoms with Crippen molar-refractivity contribution in [1.29, 1.82) is 0 Å². The molecular formula is C20H21F3N2O2. The Kier molecular flexibility index (Phi) is 6.25. The van der Waals surface area contributed by atoms with E-state index < -0.39 is 17.6 Å². The number of nitrogens with zero attached hydrogens (tertiary/aromatic N) is 1. The third kappa shape index (κ3) is 5.57. The fraction of sp³-hybridized carbons (Fsp3) is 0.300.